The zero-order valence-electron chi connectivity index (χ0n) is 9.89. The van der Waals surface area contributed by atoms with Crippen molar-refractivity contribution < 1.29 is 0 Å². The van der Waals surface area contributed by atoms with E-state index in [9.17, 15) is 0 Å². The highest BCUT2D eigenvalue weighted by molar-refractivity contribution is 6.45. The maximum absolute atomic E-state index is 6.26. The summed E-state index contributed by atoms with van der Waals surface area (Å²) < 4.78 is 0. The molecule has 0 bridgehead atoms. The highest BCUT2D eigenvalue weighted by Gasteiger charge is 2.13. The third-order valence-electron chi connectivity index (χ3n) is 2.76. The summed E-state index contributed by atoms with van der Waals surface area (Å²) in [4.78, 5) is 0. The molecular weight excluding hydrogens is 324 g/mol. The highest BCUT2D eigenvalue weighted by Crippen LogP contribution is 2.38. The Morgan fingerprint density at radius 1 is 0.842 bits per heavy atom. The van der Waals surface area contributed by atoms with Crippen molar-refractivity contribution in [2.45, 2.75) is 6.42 Å². The zero-order valence-corrected chi connectivity index (χ0v) is 12.9. The lowest BCUT2D eigenvalue weighted by Gasteiger charge is -2.12. The van der Waals surface area contributed by atoms with Crippen molar-refractivity contribution in [1.82, 2.24) is 0 Å². The van der Waals surface area contributed by atoms with Crippen LogP contribution in [-0.4, -0.2) is 6.54 Å². The van der Waals surface area contributed by atoms with Gasteiger partial charge >= 0.3 is 0 Å². The van der Waals surface area contributed by atoms with Gasteiger partial charge in [-0.1, -0.05) is 52.5 Å². The molecule has 0 saturated carbocycles. The van der Waals surface area contributed by atoms with Crippen LogP contribution in [0.15, 0.2) is 30.3 Å². The molecule has 0 saturated heterocycles. The number of hydrogen-bond donors (Lipinski definition) is 1. The average Bonchev–Trinajstić information content (AvgIpc) is 2.35. The second-order valence-electron chi connectivity index (χ2n) is 4.09. The normalized spacial score (nSPS) is 10.8. The molecule has 0 aliphatic carbocycles. The molecule has 0 aliphatic rings. The van der Waals surface area contributed by atoms with E-state index in [4.69, 9.17) is 52.1 Å². The first kappa shape index (κ1) is 15.0. The largest absolute Gasteiger partial charge is 0.330 e. The van der Waals surface area contributed by atoms with Crippen LogP contribution in [0.4, 0.5) is 0 Å². The standard InChI is InChI=1S/C14H11Cl4N/c15-9-1-2-11(8(5-9)3-4-19)12-6-10(16)7-13(17)14(12)18/h1-2,5-7H,3-4,19H2. The van der Waals surface area contributed by atoms with Gasteiger partial charge in [-0.3, -0.25) is 0 Å². The molecule has 5 heteroatoms. The topological polar surface area (TPSA) is 26.0 Å². The van der Waals surface area contributed by atoms with E-state index in [1.807, 2.05) is 18.2 Å². The molecule has 2 N–H and O–H groups in total. The van der Waals surface area contributed by atoms with Crippen LogP contribution in [0.2, 0.25) is 20.1 Å². The van der Waals surface area contributed by atoms with Crippen molar-refractivity contribution in [3.63, 3.8) is 0 Å². The van der Waals surface area contributed by atoms with E-state index in [0.29, 0.717) is 33.1 Å². The summed E-state index contributed by atoms with van der Waals surface area (Å²) in [7, 11) is 0. The molecule has 0 amide bonds. The van der Waals surface area contributed by atoms with Crippen LogP contribution >= 0.6 is 46.4 Å². The predicted octanol–water partition coefficient (Wildman–Crippen LogP) is 5.47. The Bertz CT molecular complexity index is 611. The van der Waals surface area contributed by atoms with Crippen LogP contribution in [0.3, 0.4) is 0 Å². The Hall–Kier alpha value is -0.440. The molecule has 0 aromatic heterocycles. The van der Waals surface area contributed by atoms with E-state index in [-0.39, 0.29) is 0 Å². The quantitative estimate of drug-likeness (QED) is 0.740. The Morgan fingerprint density at radius 3 is 2.26 bits per heavy atom. The summed E-state index contributed by atoms with van der Waals surface area (Å²) in [6.45, 7) is 0.527. The fourth-order valence-electron chi connectivity index (χ4n) is 1.94. The van der Waals surface area contributed by atoms with Crippen LogP contribution in [0.25, 0.3) is 11.1 Å². The lowest BCUT2D eigenvalue weighted by Crippen LogP contribution is -2.04. The Balaban J connectivity index is 2.64. The van der Waals surface area contributed by atoms with Gasteiger partial charge in [-0.2, -0.15) is 0 Å². The number of nitrogens with two attached hydrogens (primary N) is 1. The molecule has 2 aromatic carbocycles. The van der Waals surface area contributed by atoms with Crippen molar-refractivity contribution in [1.29, 1.82) is 0 Å². The molecule has 100 valence electrons. The first-order valence-electron chi connectivity index (χ1n) is 5.66. The van der Waals surface area contributed by atoms with Crippen LogP contribution in [0, 0.1) is 0 Å². The minimum atomic E-state index is 0.429. The maximum Gasteiger partial charge on any atom is 0.0671 e. The van der Waals surface area contributed by atoms with Gasteiger partial charge in [0.1, 0.15) is 0 Å². The van der Waals surface area contributed by atoms with Gasteiger partial charge in [0, 0.05) is 15.6 Å². The Labute approximate surface area is 132 Å². The molecule has 2 rings (SSSR count). The molecule has 0 radical (unpaired) electrons. The van der Waals surface area contributed by atoms with Crippen molar-refractivity contribution in [3.05, 3.63) is 56.0 Å². The second-order valence-corrected chi connectivity index (χ2v) is 5.75. The van der Waals surface area contributed by atoms with Crippen molar-refractivity contribution in [2.75, 3.05) is 6.54 Å². The first-order chi connectivity index (χ1) is 9.02. The van der Waals surface area contributed by atoms with E-state index < -0.39 is 0 Å². The first-order valence-corrected chi connectivity index (χ1v) is 7.17. The van der Waals surface area contributed by atoms with E-state index in [1.165, 1.54) is 0 Å². The molecule has 0 heterocycles. The molecule has 2 aromatic rings. The summed E-state index contributed by atoms with van der Waals surface area (Å²) in [6, 6.07) is 9.00. The zero-order chi connectivity index (χ0) is 14.0. The molecule has 0 fully saturated rings. The van der Waals surface area contributed by atoms with Gasteiger partial charge in [0.2, 0.25) is 0 Å². The number of hydrogen-bond acceptors (Lipinski definition) is 1. The minimum absolute atomic E-state index is 0.429. The second kappa shape index (κ2) is 6.34. The van der Waals surface area contributed by atoms with Gasteiger partial charge < -0.3 is 5.73 Å². The Morgan fingerprint density at radius 2 is 1.58 bits per heavy atom. The highest BCUT2D eigenvalue weighted by atomic mass is 35.5. The minimum Gasteiger partial charge on any atom is -0.330 e. The SMILES string of the molecule is NCCc1cc(Cl)ccc1-c1cc(Cl)cc(Cl)c1Cl. The van der Waals surface area contributed by atoms with Crippen LogP contribution in [0.1, 0.15) is 5.56 Å². The molecule has 0 aliphatic heterocycles. The van der Waals surface area contributed by atoms with Crippen LogP contribution in [0.5, 0.6) is 0 Å². The molecule has 0 unspecified atom stereocenters. The van der Waals surface area contributed by atoms with E-state index in [2.05, 4.69) is 0 Å². The van der Waals surface area contributed by atoms with Crippen molar-refractivity contribution in [2.24, 2.45) is 5.73 Å². The maximum atomic E-state index is 6.26. The average molecular weight is 335 g/mol. The molecule has 1 nitrogen and oxygen atoms in total. The van der Waals surface area contributed by atoms with E-state index >= 15 is 0 Å². The number of halogens is 4. The van der Waals surface area contributed by atoms with Crippen molar-refractivity contribution >= 4 is 46.4 Å². The smallest absolute Gasteiger partial charge is 0.0671 e. The Kier molecular flexibility index (Phi) is 4.99. The lowest BCUT2D eigenvalue weighted by atomic mass is 9.97. The summed E-state index contributed by atoms with van der Waals surface area (Å²) >= 11 is 24.4. The third-order valence-corrected chi connectivity index (χ3v) is 4.02. The summed E-state index contributed by atoms with van der Waals surface area (Å²) in [6.07, 6.45) is 0.705. The third kappa shape index (κ3) is 3.36. The predicted molar refractivity (Wildman–Crippen MR) is 84.7 cm³/mol. The van der Waals surface area contributed by atoms with Gasteiger partial charge in [0.25, 0.3) is 0 Å². The number of benzene rings is 2. The number of rotatable bonds is 3. The summed E-state index contributed by atoms with van der Waals surface area (Å²) in [5.74, 6) is 0. The molecular formula is C14H11Cl4N. The van der Waals surface area contributed by atoms with E-state index in [0.717, 1.165) is 16.7 Å². The van der Waals surface area contributed by atoms with Gasteiger partial charge in [-0.15, -0.1) is 0 Å². The molecule has 0 atom stereocenters. The van der Waals surface area contributed by atoms with Gasteiger partial charge in [0.05, 0.1) is 10.0 Å². The van der Waals surface area contributed by atoms with Gasteiger partial charge in [-0.25, -0.2) is 0 Å². The summed E-state index contributed by atoms with van der Waals surface area (Å²) in [5.41, 5.74) is 8.39. The lowest BCUT2D eigenvalue weighted by molar-refractivity contribution is 0.971. The summed E-state index contributed by atoms with van der Waals surface area (Å²) in [5, 5.41) is 2.11. The van der Waals surface area contributed by atoms with Crippen molar-refractivity contribution in [3.8, 4) is 11.1 Å². The molecule has 19 heavy (non-hydrogen) atoms. The van der Waals surface area contributed by atoms with Gasteiger partial charge in [-0.05, 0) is 48.4 Å². The monoisotopic (exact) mass is 333 g/mol. The van der Waals surface area contributed by atoms with Crippen LogP contribution in [-0.2, 0) is 6.42 Å². The molecule has 0 spiro atoms. The van der Waals surface area contributed by atoms with E-state index in [1.54, 1.807) is 12.1 Å². The fraction of sp³-hybridized carbons (Fsp3) is 0.143. The van der Waals surface area contributed by atoms with Crippen LogP contribution < -0.4 is 5.73 Å². The van der Waals surface area contributed by atoms with Gasteiger partial charge in [0.15, 0.2) is 0 Å². The fourth-order valence-corrected chi connectivity index (χ4v) is 2.84.